The van der Waals surface area contributed by atoms with Crippen LogP contribution in [-0.2, 0) is 6.54 Å². The highest BCUT2D eigenvalue weighted by atomic mass is 32.2. The summed E-state index contributed by atoms with van der Waals surface area (Å²) in [7, 11) is -1.44. The van der Waals surface area contributed by atoms with Crippen LogP contribution in [0.5, 0.6) is 0 Å². The van der Waals surface area contributed by atoms with Crippen LogP contribution < -0.4 is 10.0 Å². The fraction of sp³-hybridized carbons (Fsp3) is 0.0556. The van der Waals surface area contributed by atoms with Gasteiger partial charge >= 0.3 is 0 Å². The van der Waals surface area contributed by atoms with Gasteiger partial charge in [0, 0.05) is 41.1 Å². The average molecular weight is 627 g/mol. The van der Waals surface area contributed by atoms with Crippen molar-refractivity contribution in [1.29, 1.82) is 0 Å². The Kier molecular flexibility index (Phi) is 7.44. The number of nitrogens with one attached hydrogen (secondary N) is 4. The minimum atomic E-state index is -1.44. The Morgan fingerprint density at radius 1 is 0.891 bits per heavy atom. The SMILES string of the molecule is C=C(Nc1cncc(-c2ccc3[nH]nc(-c4cc5c(-c6cc(F)cc(CNS(=C)(=C)C)c6)cncc5[nH]4)c3n2)c1)c1ccccc1. The standard InChI is InChI=1S/C36H31FN8S/c1-22(24-8-6-5-7-9-24)41-28-15-26(18-38-19-28)31-10-11-32-35(43-31)36(45-44-32)33-16-29-30(20-39-21-34(29)42-33)25-12-23(13-27(37)14-25)17-40-46(2,3)4/h5-16,18-21,40-42H,1-3,17H2,4H3,(H,44,45). The highest BCUT2D eigenvalue weighted by Crippen LogP contribution is 2.34. The van der Waals surface area contributed by atoms with E-state index in [2.05, 4.69) is 53.5 Å². The van der Waals surface area contributed by atoms with Crippen LogP contribution >= 0.6 is 9.39 Å². The molecule has 0 aliphatic rings. The van der Waals surface area contributed by atoms with Crippen molar-refractivity contribution in [2.75, 3.05) is 11.6 Å². The summed E-state index contributed by atoms with van der Waals surface area (Å²) in [4.78, 5) is 17.3. The van der Waals surface area contributed by atoms with Crippen LogP contribution in [0.15, 0.2) is 104 Å². The van der Waals surface area contributed by atoms with Gasteiger partial charge in [-0.05, 0) is 65.4 Å². The molecule has 0 fully saturated rings. The highest BCUT2D eigenvalue weighted by molar-refractivity contribution is 8.25. The van der Waals surface area contributed by atoms with Crippen LogP contribution in [-0.4, -0.2) is 48.1 Å². The maximum Gasteiger partial charge on any atom is 0.135 e. The second-order valence-corrected chi connectivity index (χ2v) is 14.2. The third kappa shape index (κ3) is 6.03. The van der Waals surface area contributed by atoms with Gasteiger partial charge in [-0.25, -0.2) is 9.37 Å². The lowest BCUT2D eigenvalue weighted by Crippen LogP contribution is -2.08. The summed E-state index contributed by atoms with van der Waals surface area (Å²) < 4.78 is 18.1. The van der Waals surface area contributed by atoms with E-state index >= 15 is 0 Å². The summed E-state index contributed by atoms with van der Waals surface area (Å²) in [5.74, 6) is 7.79. The van der Waals surface area contributed by atoms with Crippen molar-refractivity contribution in [3.63, 3.8) is 0 Å². The second-order valence-electron chi connectivity index (χ2n) is 11.4. The average Bonchev–Trinajstić information content (AvgIpc) is 3.68. The number of fused-ring (bicyclic) bond motifs is 2. The number of hydrogen-bond donors (Lipinski definition) is 4. The Bertz CT molecular complexity index is 2360. The fourth-order valence-corrected chi connectivity index (χ4v) is 5.87. The quantitative estimate of drug-likeness (QED) is 0.122. The first-order valence-corrected chi connectivity index (χ1v) is 16.9. The molecule has 0 radical (unpaired) electrons. The lowest BCUT2D eigenvalue weighted by molar-refractivity contribution is 0.625. The molecule has 0 bridgehead atoms. The molecule has 0 unspecified atom stereocenters. The van der Waals surface area contributed by atoms with E-state index in [1.165, 1.54) is 12.1 Å². The summed E-state index contributed by atoms with van der Waals surface area (Å²) in [5, 5.41) is 12.0. The number of hydrogen-bond acceptors (Lipinski definition) is 6. The topological polar surface area (TPSA) is 107 Å². The second kappa shape index (κ2) is 11.7. The van der Waals surface area contributed by atoms with Crippen LogP contribution in [0.1, 0.15) is 11.1 Å². The number of aromatic amines is 2. The summed E-state index contributed by atoms with van der Waals surface area (Å²) in [5.41, 5.74) is 10.3. The van der Waals surface area contributed by atoms with Gasteiger partial charge in [0.15, 0.2) is 0 Å². The first kappa shape index (κ1) is 29.1. The van der Waals surface area contributed by atoms with Gasteiger partial charge in [0.2, 0.25) is 0 Å². The van der Waals surface area contributed by atoms with Crippen molar-refractivity contribution >= 4 is 54.5 Å². The van der Waals surface area contributed by atoms with E-state index in [1.54, 1.807) is 24.8 Å². The molecule has 4 N–H and O–H groups in total. The molecule has 0 aliphatic carbocycles. The van der Waals surface area contributed by atoms with Gasteiger partial charge in [0.05, 0.1) is 40.5 Å². The molecule has 8 nitrogen and oxygen atoms in total. The molecular weight excluding hydrogens is 596 g/mol. The van der Waals surface area contributed by atoms with Crippen LogP contribution in [0.4, 0.5) is 10.1 Å². The first-order valence-electron chi connectivity index (χ1n) is 14.5. The third-order valence-electron chi connectivity index (χ3n) is 7.55. The predicted molar refractivity (Wildman–Crippen MR) is 191 cm³/mol. The number of nitrogens with zero attached hydrogens (tertiary/aromatic N) is 4. The molecule has 5 heterocycles. The third-order valence-corrected chi connectivity index (χ3v) is 8.39. The van der Waals surface area contributed by atoms with Gasteiger partial charge in [-0.15, -0.1) is 0 Å². The lowest BCUT2D eigenvalue weighted by atomic mass is 10.0. The van der Waals surface area contributed by atoms with E-state index < -0.39 is 9.39 Å². The lowest BCUT2D eigenvalue weighted by Gasteiger charge is -2.12. The molecule has 0 saturated heterocycles. The molecule has 0 spiro atoms. The number of rotatable bonds is 9. The van der Waals surface area contributed by atoms with E-state index in [4.69, 9.17) is 4.98 Å². The predicted octanol–water partition coefficient (Wildman–Crippen LogP) is 7.76. The van der Waals surface area contributed by atoms with Gasteiger partial charge in [-0.1, -0.05) is 48.7 Å². The Labute approximate surface area is 266 Å². The molecule has 7 aromatic rings. The van der Waals surface area contributed by atoms with Crippen molar-refractivity contribution < 1.29 is 4.39 Å². The van der Waals surface area contributed by atoms with Gasteiger partial charge in [0.25, 0.3) is 0 Å². The van der Waals surface area contributed by atoms with Crippen molar-refractivity contribution in [2.45, 2.75) is 6.54 Å². The number of H-pyrrole nitrogens is 2. The van der Waals surface area contributed by atoms with E-state index in [0.717, 1.165) is 67.0 Å². The number of halogens is 1. The minimum Gasteiger partial charge on any atom is -0.354 e. The fourth-order valence-electron chi connectivity index (χ4n) is 5.36. The number of anilines is 1. The number of pyridine rings is 3. The minimum absolute atomic E-state index is 0.319. The first-order chi connectivity index (χ1) is 22.2. The van der Waals surface area contributed by atoms with Gasteiger partial charge < -0.3 is 10.3 Å². The Balaban J connectivity index is 1.22. The molecule has 10 heteroatoms. The summed E-state index contributed by atoms with van der Waals surface area (Å²) in [6.45, 7) is 4.64. The molecule has 0 amide bonds. The maximum atomic E-state index is 14.8. The Morgan fingerprint density at radius 3 is 2.54 bits per heavy atom. The molecule has 0 aliphatic heterocycles. The monoisotopic (exact) mass is 626 g/mol. The van der Waals surface area contributed by atoms with Gasteiger partial charge in [-0.2, -0.15) is 14.5 Å². The zero-order valence-electron chi connectivity index (χ0n) is 25.1. The van der Waals surface area contributed by atoms with Crippen LogP contribution in [0.3, 0.4) is 0 Å². The molecular formula is C36H31FN8S. The van der Waals surface area contributed by atoms with E-state index in [1.807, 2.05) is 66.9 Å². The van der Waals surface area contributed by atoms with E-state index in [9.17, 15) is 4.39 Å². The van der Waals surface area contributed by atoms with Crippen LogP contribution in [0.25, 0.3) is 61.4 Å². The smallest absolute Gasteiger partial charge is 0.135 e. The number of aromatic nitrogens is 6. The van der Waals surface area contributed by atoms with Crippen molar-refractivity contribution in [3.05, 3.63) is 121 Å². The zero-order valence-corrected chi connectivity index (χ0v) is 26.0. The summed E-state index contributed by atoms with van der Waals surface area (Å²) in [6.07, 6.45) is 9.00. The van der Waals surface area contributed by atoms with Gasteiger partial charge in [-0.3, -0.25) is 19.8 Å². The van der Waals surface area contributed by atoms with Crippen molar-refractivity contribution in [1.82, 2.24) is 34.9 Å². The molecule has 46 heavy (non-hydrogen) atoms. The molecule has 0 saturated carbocycles. The van der Waals surface area contributed by atoms with Crippen molar-refractivity contribution in [3.8, 4) is 33.8 Å². The molecule has 2 aromatic carbocycles. The summed E-state index contributed by atoms with van der Waals surface area (Å²) in [6, 6.07) is 22.8. The molecule has 7 rings (SSSR count). The van der Waals surface area contributed by atoms with E-state index in [0.29, 0.717) is 17.8 Å². The van der Waals surface area contributed by atoms with Gasteiger partial charge in [0.1, 0.15) is 17.0 Å². The van der Waals surface area contributed by atoms with Crippen LogP contribution in [0, 0.1) is 5.82 Å². The van der Waals surface area contributed by atoms with Crippen molar-refractivity contribution in [2.24, 2.45) is 0 Å². The molecule has 5 aromatic heterocycles. The number of benzene rings is 2. The zero-order chi connectivity index (χ0) is 31.8. The van der Waals surface area contributed by atoms with Crippen LogP contribution in [0.2, 0.25) is 0 Å². The van der Waals surface area contributed by atoms with E-state index in [-0.39, 0.29) is 5.82 Å². The largest absolute Gasteiger partial charge is 0.354 e. The molecule has 0 atom stereocenters. The normalized spacial score (nSPS) is 11.7. The Morgan fingerprint density at radius 2 is 1.72 bits per heavy atom. The summed E-state index contributed by atoms with van der Waals surface area (Å²) >= 11 is 0. The Hall–Kier alpha value is -5.58. The maximum absolute atomic E-state index is 14.8. The highest BCUT2D eigenvalue weighted by Gasteiger charge is 2.17. The molecule has 228 valence electrons.